The van der Waals surface area contributed by atoms with Crippen LogP contribution >= 0.6 is 0 Å². The van der Waals surface area contributed by atoms with Gasteiger partial charge in [-0.25, -0.2) is 9.13 Å². The molecule has 0 spiro atoms. The molecule has 0 aliphatic heterocycles. The van der Waals surface area contributed by atoms with Crippen molar-refractivity contribution in [1.29, 1.82) is 0 Å². The van der Waals surface area contributed by atoms with E-state index in [2.05, 4.69) is 33.0 Å². The maximum Gasteiger partial charge on any atom is 0.243 e. The van der Waals surface area contributed by atoms with Crippen LogP contribution in [0, 0.1) is 0 Å². The number of aryl methyl sites for hydroxylation is 2. The maximum atomic E-state index is 9.46. The summed E-state index contributed by atoms with van der Waals surface area (Å²) < 4.78 is 4.22. The van der Waals surface area contributed by atoms with E-state index in [4.69, 9.17) is 11.5 Å². The largest absolute Gasteiger partial charge is 0.508 e. The highest BCUT2D eigenvalue weighted by atomic mass is 16.3. The highest BCUT2D eigenvalue weighted by molar-refractivity contribution is 5.85. The number of aromatic nitrogens is 2. The van der Waals surface area contributed by atoms with Crippen LogP contribution in [-0.2, 0) is 13.6 Å². The lowest BCUT2D eigenvalue weighted by molar-refractivity contribution is -0.671. The number of nitrogens with two attached hydrogens (primary N) is 2. The highest BCUT2D eigenvalue weighted by Crippen LogP contribution is 2.33. The van der Waals surface area contributed by atoms with Gasteiger partial charge in [-0.15, -0.1) is 0 Å². The number of aromatic hydroxyl groups is 1. The molecule has 0 saturated heterocycles. The summed E-state index contributed by atoms with van der Waals surface area (Å²) in [5, 5.41) is 19.5. The van der Waals surface area contributed by atoms with Gasteiger partial charge in [0.25, 0.3) is 0 Å². The molecule has 8 nitrogen and oxygen atoms in total. The lowest BCUT2D eigenvalue weighted by Gasteiger charge is -2.15. The predicted octanol–water partition coefficient (Wildman–Crippen LogP) is 4.17. The molecule has 0 unspecified atom stereocenters. The molecule has 1 heterocycles. The number of benzene rings is 3. The monoisotopic (exact) mass is 444 g/mol. The zero-order valence-corrected chi connectivity index (χ0v) is 18.6. The molecule has 1 aromatic heterocycles. The second kappa shape index (κ2) is 9.86. The van der Waals surface area contributed by atoms with Crippen molar-refractivity contribution in [2.45, 2.75) is 13.0 Å². The lowest BCUT2D eigenvalue weighted by atomic mass is 10.2. The summed E-state index contributed by atoms with van der Waals surface area (Å²) in [5.41, 5.74) is 17.7. The van der Waals surface area contributed by atoms with E-state index < -0.39 is 0 Å². The van der Waals surface area contributed by atoms with E-state index in [1.165, 1.54) is 0 Å². The number of imidazole rings is 1. The maximum absolute atomic E-state index is 9.46. The van der Waals surface area contributed by atoms with Crippen molar-refractivity contribution in [2.75, 3.05) is 34.0 Å². The zero-order chi connectivity index (χ0) is 23.2. The molecule has 0 aliphatic rings. The molecular weight excluding hydrogens is 414 g/mol. The molecule has 3 aromatic carbocycles. The summed E-state index contributed by atoms with van der Waals surface area (Å²) in [4.78, 5) is 0. The lowest BCUT2D eigenvalue weighted by Crippen LogP contribution is -2.23. The Balaban J connectivity index is 1.35. The van der Waals surface area contributed by atoms with E-state index in [0.717, 1.165) is 47.9 Å². The minimum Gasteiger partial charge on any atom is -0.508 e. The zero-order valence-electron chi connectivity index (χ0n) is 18.6. The van der Waals surface area contributed by atoms with Crippen LogP contribution < -0.4 is 32.0 Å². The Hall–Kier alpha value is -4.33. The fourth-order valence-corrected chi connectivity index (χ4v) is 3.51. The van der Waals surface area contributed by atoms with Gasteiger partial charge in [-0.2, -0.15) is 0 Å². The van der Waals surface area contributed by atoms with Crippen molar-refractivity contribution in [3.05, 3.63) is 79.4 Å². The van der Waals surface area contributed by atoms with E-state index in [-0.39, 0.29) is 5.75 Å². The number of hydrogen-bond acceptors (Lipinski definition) is 6. The van der Waals surface area contributed by atoms with E-state index in [1.54, 1.807) is 30.3 Å². The van der Waals surface area contributed by atoms with Crippen molar-refractivity contribution in [2.24, 2.45) is 7.05 Å². The number of rotatable bonds is 9. The molecule has 33 heavy (non-hydrogen) atoms. The highest BCUT2D eigenvalue weighted by Gasteiger charge is 2.08. The second-order valence-electron chi connectivity index (χ2n) is 8.00. The van der Waals surface area contributed by atoms with E-state index in [1.807, 2.05) is 48.1 Å². The molecule has 0 fully saturated rings. The SMILES string of the molecule is C[n+]1ccn(CCCNc2ccc(Nc3cc(Nc4ccc(O)cc4)c(N)cc3N)cc2)c1. The summed E-state index contributed by atoms with van der Waals surface area (Å²) in [6.07, 6.45) is 7.23. The van der Waals surface area contributed by atoms with Gasteiger partial charge in [0.2, 0.25) is 6.33 Å². The number of nitrogen functional groups attached to an aromatic ring is 2. The van der Waals surface area contributed by atoms with Crippen LogP contribution in [-0.4, -0.2) is 16.2 Å². The average molecular weight is 445 g/mol. The van der Waals surface area contributed by atoms with Gasteiger partial charge in [-0.1, -0.05) is 0 Å². The summed E-state index contributed by atoms with van der Waals surface area (Å²) in [5.74, 6) is 0.209. The second-order valence-corrected chi connectivity index (χ2v) is 8.00. The predicted molar refractivity (Wildman–Crippen MR) is 135 cm³/mol. The van der Waals surface area contributed by atoms with Gasteiger partial charge in [0.05, 0.1) is 36.3 Å². The van der Waals surface area contributed by atoms with Crippen LogP contribution in [0.4, 0.5) is 39.8 Å². The first-order valence-electron chi connectivity index (χ1n) is 10.8. The van der Waals surface area contributed by atoms with E-state index in [0.29, 0.717) is 11.4 Å². The average Bonchev–Trinajstić information content (AvgIpc) is 3.22. The topological polar surface area (TPSA) is 117 Å². The van der Waals surface area contributed by atoms with Gasteiger partial charge in [-0.3, -0.25) is 0 Å². The Morgan fingerprint density at radius 3 is 2.00 bits per heavy atom. The van der Waals surface area contributed by atoms with Gasteiger partial charge < -0.3 is 32.5 Å². The molecule has 0 bridgehead atoms. The number of hydrogen-bond donors (Lipinski definition) is 6. The molecule has 8 heteroatoms. The third-order valence-electron chi connectivity index (χ3n) is 5.28. The van der Waals surface area contributed by atoms with Crippen LogP contribution in [0.2, 0.25) is 0 Å². The normalized spacial score (nSPS) is 10.7. The summed E-state index contributed by atoms with van der Waals surface area (Å²) >= 11 is 0. The van der Waals surface area contributed by atoms with E-state index in [9.17, 15) is 5.11 Å². The first-order valence-corrected chi connectivity index (χ1v) is 10.8. The standard InChI is InChI=1S/C25H29N7O/c1-31-13-14-32(17-31)12-2-11-28-18-3-5-19(6-4-18)29-24-16-25(23(27)15-22(24)26)30-20-7-9-21(33)10-8-20/h3-10,13-17,28-30H,2,11-12,26-27H2,1H3/p+1. The molecule has 4 rings (SSSR count). The van der Waals surface area contributed by atoms with Gasteiger partial charge in [-0.05, 0) is 60.7 Å². The Morgan fingerprint density at radius 2 is 1.42 bits per heavy atom. The van der Waals surface area contributed by atoms with Crippen molar-refractivity contribution >= 4 is 39.8 Å². The Kier molecular flexibility index (Phi) is 6.54. The molecule has 0 radical (unpaired) electrons. The molecule has 0 amide bonds. The van der Waals surface area contributed by atoms with Crippen LogP contribution in [0.1, 0.15) is 6.42 Å². The van der Waals surface area contributed by atoms with Crippen molar-refractivity contribution in [1.82, 2.24) is 4.57 Å². The van der Waals surface area contributed by atoms with E-state index >= 15 is 0 Å². The Morgan fingerprint density at radius 1 is 0.848 bits per heavy atom. The third-order valence-corrected chi connectivity index (χ3v) is 5.28. The number of phenols is 1. The van der Waals surface area contributed by atoms with Crippen LogP contribution in [0.5, 0.6) is 5.75 Å². The van der Waals surface area contributed by atoms with Crippen molar-refractivity contribution in [3.63, 3.8) is 0 Å². The minimum atomic E-state index is 0.209. The quantitative estimate of drug-likeness (QED) is 0.0999. The van der Waals surface area contributed by atoms with Gasteiger partial charge in [0.1, 0.15) is 18.1 Å². The number of phenolic OH excluding ortho intramolecular Hbond substituents is 1. The molecule has 0 saturated carbocycles. The Labute approximate surface area is 193 Å². The van der Waals surface area contributed by atoms with Crippen LogP contribution in [0.25, 0.3) is 0 Å². The van der Waals surface area contributed by atoms with Gasteiger partial charge >= 0.3 is 0 Å². The smallest absolute Gasteiger partial charge is 0.243 e. The summed E-state index contributed by atoms with van der Waals surface area (Å²) in [6.45, 7) is 1.87. The fourth-order valence-electron chi connectivity index (χ4n) is 3.51. The van der Waals surface area contributed by atoms with Gasteiger partial charge in [0.15, 0.2) is 0 Å². The third kappa shape index (κ3) is 5.88. The number of nitrogens with zero attached hydrogens (tertiary/aromatic N) is 2. The van der Waals surface area contributed by atoms with Crippen LogP contribution in [0.15, 0.2) is 79.4 Å². The van der Waals surface area contributed by atoms with Gasteiger partial charge in [0, 0.05) is 30.0 Å². The molecule has 8 N–H and O–H groups in total. The summed E-state index contributed by atoms with van der Waals surface area (Å²) in [7, 11) is 2.02. The number of anilines is 7. The Bertz CT molecular complexity index is 1200. The first kappa shape index (κ1) is 21.9. The first-order chi connectivity index (χ1) is 16.0. The summed E-state index contributed by atoms with van der Waals surface area (Å²) in [6, 6.07) is 18.5. The van der Waals surface area contributed by atoms with Crippen molar-refractivity contribution in [3.8, 4) is 5.75 Å². The minimum absolute atomic E-state index is 0.209. The molecular formula is C25H30N7O+. The molecule has 0 atom stereocenters. The molecule has 0 aliphatic carbocycles. The molecule has 4 aromatic rings. The molecule has 170 valence electrons. The fraction of sp³-hybridized carbons (Fsp3) is 0.160. The van der Waals surface area contributed by atoms with Crippen molar-refractivity contribution < 1.29 is 9.67 Å². The number of nitrogens with one attached hydrogen (secondary N) is 3. The van der Waals surface area contributed by atoms with Crippen LogP contribution in [0.3, 0.4) is 0 Å².